The van der Waals surface area contributed by atoms with Gasteiger partial charge in [-0.25, -0.2) is 4.39 Å². The van der Waals surface area contributed by atoms with Crippen LogP contribution in [-0.4, -0.2) is 23.8 Å². The molecular formula is C12H15BrFNO. The Bertz CT molecular complexity index is 377. The van der Waals surface area contributed by atoms with E-state index in [0.717, 1.165) is 31.5 Å². The summed E-state index contributed by atoms with van der Waals surface area (Å²) in [4.78, 5) is 0. The summed E-state index contributed by atoms with van der Waals surface area (Å²) in [7, 11) is 0. The maximum Gasteiger partial charge on any atom is 0.137 e. The van der Waals surface area contributed by atoms with Crippen molar-refractivity contribution >= 4 is 15.9 Å². The lowest BCUT2D eigenvalue weighted by molar-refractivity contribution is 0.0108. The van der Waals surface area contributed by atoms with Crippen LogP contribution in [0.1, 0.15) is 18.4 Å². The molecule has 1 aromatic rings. The third kappa shape index (κ3) is 2.81. The summed E-state index contributed by atoms with van der Waals surface area (Å²) in [6, 6.07) is 5.03. The molecule has 0 bridgehead atoms. The highest BCUT2D eigenvalue weighted by atomic mass is 79.9. The third-order valence-electron chi connectivity index (χ3n) is 3.05. The van der Waals surface area contributed by atoms with Gasteiger partial charge in [-0.15, -0.1) is 0 Å². The smallest absolute Gasteiger partial charge is 0.137 e. The Labute approximate surface area is 103 Å². The number of rotatable bonds is 2. The van der Waals surface area contributed by atoms with Gasteiger partial charge in [0, 0.05) is 6.42 Å². The molecule has 2 nitrogen and oxygen atoms in total. The summed E-state index contributed by atoms with van der Waals surface area (Å²) in [6.07, 6.45) is 1.98. The van der Waals surface area contributed by atoms with Crippen molar-refractivity contribution in [3.63, 3.8) is 0 Å². The van der Waals surface area contributed by atoms with E-state index in [1.54, 1.807) is 6.07 Å². The Balaban J connectivity index is 2.10. The summed E-state index contributed by atoms with van der Waals surface area (Å²) in [5, 5.41) is 13.5. The van der Waals surface area contributed by atoms with Gasteiger partial charge in [0.2, 0.25) is 0 Å². The van der Waals surface area contributed by atoms with Gasteiger partial charge in [0.15, 0.2) is 0 Å². The maximum absolute atomic E-state index is 13.3. The molecule has 1 saturated heterocycles. The van der Waals surface area contributed by atoms with Crippen LogP contribution in [0.2, 0.25) is 0 Å². The first-order valence-corrected chi connectivity index (χ1v) is 6.25. The van der Waals surface area contributed by atoms with Crippen molar-refractivity contribution in [2.45, 2.75) is 24.9 Å². The molecule has 0 radical (unpaired) electrons. The van der Waals surface area contributed by atoms with E-state index >= 15 is 0 Å². The average Bonchev–Trinajstić information content (AvgIpc) is 2.24. The Kier molecular flexibility index (Phi) is 3.62. The molecule has 0 unspecified atom stereocenters. The van der Waals surface area contributed by atoms with Crippen LogP contribution in [0.4, 0.5) is 4.39 Å². The fourth-order valence-electron chi connectivity index (χ4n) is 2.10. The molecule has 2 N–H and O–H groups in total. The SMILES string of the molecule is OC1(Cc2ccc(Br)c(F)c2)CCNCC1. The van der Waals surface area contributed by atoms with Gasteiger partial charge < -0.3 is 10.4 Å². The molecule has 1 fully saturated rings. The van der Waals surface area contributed by atoms with Gasteiger partial charge in [0.25, 0.3) is 0 Å². The Hall–Kier alpha value is -0.450. The van der Waals surface area contributed by atoms with Crippen LogP contribution in [-0.2, 0) is 6.42 Å². The van der Waals surface area contributed by atoms with Crippen molar-refractivity contribution in [2.75, 3.05) is 13.1 Å². The van der Waals surface area contributed by atoms with E-state index in [1.165, 1.54) is 6.07 Å². The van der Waals surface area contributed by atoms with Crippen LogP contribution >= 0.6 is 15.9 Å². The monoisotopic (exact) mass is 287 g/mol. The van der Waals surface area contributed by atoms with Gasteiger partial charge in [-0.05, 0) is 59.6 Å². The van der Waals surface area contributed by atoms with Gasteiger partial charge in [0.1, 0.15) is 5.82 Å². The molecule has 2 rings (SSSR count). The van der Waals surface area contributed by atoms with Crippen molar-refractivity contribution in [2.24, 2.45) is 0 Å². The highest BCUT2D eigenvalue weighted by molar-refractivity contribution is 9.10. The lowest BCUT2D eigenvalue weighted by Crippen LogP contribution is -2.43. The van der Waals surface area contributed by atoms with E-state index in [1.807, 2.05) is 6.07 Å². The minimum Gasteiger partial charge on any atom is -0.389 e. The van der Waals surface area contributed by atoms with Crippen LogP contribution in [0.15, 0.2) is 22.7 Å². The van der Waals surface area contributed by atoms with Crippen LogP contribution < -0.4 is 5.32 Å². The lowest BCUT2D eigenvalue weighted by atomic mass is 9.86. The zero-order valence-corrected chi connectivity index (χ0v) is 10.6. The second-order valence-electron chi connectivity index (χ2n) is 4.40. The fourth-order valence-corrected chi connectivity index (χ4v) is 2.35. The molecule has 0 aliphatic carbocycles. The molecule has 4 heteroatoms. The first-order valence-electron chi connectivity index (χ1n) is 5.46. The minimum atomic E-state index is -0.675. The van der Waals surface area contributed by atoms with Gasteiger partial charge >= 0.3 is 0 Å². The van der Waals surface area contributed by atoms with Crippen LogP contribution in [0.25, 0.3) is 0 Å². The molecule has 16 heavy (non-hydrogen) atoms. The van der Waals surface area contributed by atoms with E-state index in [-0.39, 0.29) is 5.82 Å². The van der Waals surface area contributed by atoms with Gasteiger partial charge in [0.05, 0.1) is 10.1 Å². The van der Waals surface area contributed by atoms with E-state index in [9.17, 15) is 9.50 Å². The molecular weight excluding hydrogens is 273 g/mol. The van der Waals surface area contributed by atoms with E-state index in [2.05, 4.69) is 21.2 Å². The zero-order chi connectivity index (χ0) is 11.6. The molecule has 1 aromatic carbocycles. The second kappa shape index (κ2) is 4.82. The maximum atomic E-state index is 13.3. The van der Waals surface area contributed by atoms with Crippen molar-refractivity contribution in [3.8, 4) is 0 Å². The van der Waals surface area contributed by atoms with E-state index in [0.29, 0.717) is 10.9 Å². The Morgan fingerprint density at radius 3 is 2.69 bits per heavy atom. The highest BCUT2D eigenvalue weighted by Crippen LogP contribution is 2.25. The lowest BCUT2D eigenvalue weighted by Gasteiger charge is -2.32. The first-order chi connectivity index (χ1) is 7.59. The zero-order valence-electron chi connectivity index (χ0n) is 8.97. The number of hydrogen-bond acceptors (Lipinski definition) is 2. The average molecular weight is 288 g/mol. The minimum absolute atomic E-state index is 0.268. The summed E-state index contributed by atoms with van der Waals surface area (Å²) < 4.78 is 13.8. The number of hydrogen-bond donors (Lipinski definition) is 2. The molecule has 88 valence electrons. The van der Waals surface area contributed by atoms with Gasteiger partial charge in [-0.3, -0.25) is 0 Å². The molecule has 0 amide bonds. The molecule has 1 aliphatic heterocycles. The quantitative estimate of drug-likeness (QED) is 0.875. The van der Waals surface area contributed by atoms with Crippen molar-refractivity contribution in [1.82, 2.24) is 5.32 Å². The van der Waals surface area contributed by atoms with Crippen LogP contribution in [0, 0.1) is 5.82 Å². The molecule has 0 aromatic heterocycles. The summed E-state index contributed by atoms with van der Waals surface area (Å²) in [6.45, 7) is 1.66. The normalized spacial score (nSPS) is 19.7. The van der Waals surface area contributed by atoms with Gasteiger partial charge in [-0.1, -0.05) is 6.07 Å². The predicted octanol–water partition coefficient (Wildman–Crippen LogP) is 2.25. The van der Waals surface area contributed by atoms with Crippen molar-refractivity contribution in [1.29, 1.82) is 0 Å². The third-order valence-corrected chi connectivity index (χ3v) is 3.69. The topological polar surface area (TPSA) is 32.3 Å². The van der Waals surface area contributed by atoms with Crippen LogP contribution in [0.5, 0.6) is 0 Å². The molecule has 1 heterocycles. The molecule has 0 spiro atoms. The first kappa shape index (κ1) is 12.0. The summed E-state index contributed by atoms with van der Waals surface area (Å²) in [5.41, 5.74) is 0.177. The Morgan fingerprint density at radius 2 is 2.06 bits per heavy atom. The van der Waals surface area contributed by atoms with E-state index < -0.39 is 5.60 Å². The van der Waals surface area contributed by atoms with Crippen molar-refractivity contribution in [3.05, 3.63) is 34.1 Å². The number of aliphatic hydroxyl groups is 1. The molecule has 0 saturated carbocycles. The number of benzene rings is 1. The number of piperidine rings is 1. The predicted molar refractivity (Wildman–Crippen MR) is 64.9 cm³/mol. The standard InChI is InChI=1S/C12H15BrFNO/c13-10-2-1-9(7-11(10)14)8-12(16)3-5-15-6-4-12/h1-2,7,15-16H,3-6,8H2. The largest absolute Gasteiger partial charge is 0.389 e. The summed E-state index contributed by atoms with van der Waals surface area (Å²) >= 11 is 3.12. The van der Waals surface area contributed by atoms with E-state index in [4.69, 9.17) is 0 Å². The van der Waals surface area contributed by atoms with Crippen LogP contribution in [0.3, 0.4) is 0 Å². The fraction of sp³-hybridized carbons (Fsp3) is 0.500. The van der Waals surface area contributed by atoms with Gasteiger partial charge in [-0.2, -0.15) is 0 Å². The highest BCUT2D eigenvalue weighted by Gasteiger charge is 2.29. The number of halogens is 2. The Morgan fingerprint density at radius 1 is 1.38 bits per heavy atom. The molecule has 1 aliphatic rings. The summed E-state index contributed by atoms with van der Waals surface area (Å²) in [5.74, 6) is -0.268. The second-order valence-corrected chi connectivity index (χ2v) is 5.25. The number of nitrogens with one attached hydrogen (secondary N) is 1. The molecule has 0 atom stereocenters. The van der Waals surface area contributed by atoms with Crippen molar-refractivity contribution < 1.29 is 9.50 Å².